The minimum atomic E-state index is 0.261. The first kappa shape index (κ1) is 13.3. The molecule has 1 aromatic rings. The lowest BCUT2D eigenvalue weighted by Crippen LogP contribution is -2.37. The molecule has 0 spiro atoms. The van der Waals surface area contributed by atoms with Crippen LogP contribution in [0.25, 0.3) is 0 Å². The summed E-state index contributed by atoms with van der Waals surface area (Å²) in [6.45, 7) is 3.65. The summed E-state index contributed by atoms with van der Waals surface area (Å²) >= 11 is 0. The molecule has 20 heavy (non-hydrogen) atoms. The van der Waals surface area contributed by atoms with Crippen LogP contribution in [-0.2, 0) is 17.8 Å². The second-order valence-corrected chi connectivity index (χ2v) is 5.81. The number of benzene rings is 1. The summed E-state index contributed by atoms with van der Waals surface area (Å²) in [6.07, 6.45) is 1.94. The van der Waals surface area contributed by atoms with Crippen molar-refractivity contribution in [2.24, 2.45) is 11.8 Å². The molecule has 1 aromatic carbocycles. The van der Waals surface area contributed by atoms with Gasteiger partial charge in [-0.1, -0.05) is 6.92 Å². The van der Waals surface area contributed by atoms with Gasteiger partial charge in [0.05, 0.1) is 14.2 Å². The Balaban J connectivity index is 1.82. The van der Waals surface area contributed by atoms with Crippen LogP contribution in [0.4, 0.5) is 0 Å². The molecule has 2 atom stereocenters. The second-order valence-electron chi connectivity index (χ2n) is 5.81. The monoisotopic (exact) mass is 275 g/mol. The van der Waals surface area contributed by atoms with Crippen LogP contribution in [0.5, 0.6) is 11.5 Å². The van der Waals surface area contributed by atoms with Gasteiger partial charge in [0.1, 0.15) is 0 Å². The Hall–Kier alpha value is -1.71. The molecule has 1 heterocycles. The van der Waals surface area contributed by atoms with E-state index in [-0.39, 0.29) is 5.92 Å². The van der Waals surface area contributed by atoms with E-state index in [4.69, 9.17) is 9.47 Å². The maximum Gasteiger partial charge on any atom is 0.226 e. The molecule has 4 heteroatoms. The standard InChI is InChI=1S/C16H21NO3/c1-10-6-13(10)16(18)17-5-4-11-7-14(19-2)15(20-3)8-12(11)9-17/h7-8,10,13H,4-6,9H2,1-3H3. The Kier molecular flexibility index (Phi) is 3.32. The van der Waals surface area contributed by atoms with E-state index in [1.54, 1.807) is 14.2 Å². The highest BCUT2D eigenvalue weighted by Gasteiger charge is 2.42. The Bertz CT molecular complexity index is 541. The van der Waals surface area contributed by atoms with Gasteiger partial charge in [-0.3, -0.25) is 4.79 Å². The summed E-state index contributed by atoms with van der Waals surface area (Å²) in [7, 11) is 3.29. The van der Waals surface area contributed by atoms with Crippen LogP contribution >= 0.6 is 0 Å². The van der Waals surface area contributed by atoms with Crippen molar-refractivity contribution in [1.29, 1.82) is 0 Å². The van der Waals surface area contributed by atoms with Crippen LogP contribution in [0.15, 0.2) is 12.1 Å². The minimum absolute atomic E-state index is 0.261. The summed E-state index contributed by atoms with van der Waals surface area (Å²) in [6, 6.07) is 4.04. The molecular weight excluding hydrogens is 254 g/mol. The SMILES string of the molecule is COc1cc2c(cc1OC)CN(C(=O)C1CC1C)CC2. The van der Waals surface area contributed by atoms with Gasteiger partial charge in [-0.05, 0) is 42.0 Å². The van der Waals surface area contributed by atoms with Crippen LogP contribution < -0.4 is 9.47 Å². The molecule has 1 amide bonds. The highest BCUT2D eigenvalue weighted by atomic mass is 16.5. The number of methoxy groups -OCH3 is 2. The lowest BCUT2D eigenvalue weighted by Gasteiger charge is -2.30. The van der Waals surface area contributed by atoms with Gasteiger partial charge in [0.25, 0.3) is 0 Å². The molecule has 3 rings (SSSR count). The first-order chi connectivity index (χ1) is 9.63. The number of fused-ring (bicyclic) bond motifs is 1. The molecular formula is C16H21NO3. The molecule has 1 aliphatic carbocycles. The number of hydrogen-bond acceptors (Lipinski definition) is 3. The molecule has 2 unspecified atom stereocenters. The first-order valence-electron chi connectivity index (χ1n) is 7.16. The molecule has 0 aromatic heterocycles. The number of rotatable bonds is 3. The van der Waals surface area contributed by atoms with Crippen molar-refractivity contribution in [1.82, 2.24) is 4.90 Å². The Morgan fingerprint density at radius 2 is 1.80 bits per heavy atom. The molecule has 2 aliphatic rings. The van der Waals surface area contributed by atoms with E-state index in [2.05, 4.69) is 6.92 Å². The van der Waals surface area contributed by atoms with E-state index in [0.29, 0.717) is 18.4 Å². The van der Waals surface area contributed by atoms with E-state index < -0.39 is 0 Å². The van der Waals surface area contributed by atoms with Gasteiger partial charge >= 0.3 is 0 Å². The zero-order valence-corrected chi connectivity index (χ0v) is 12.3. The third-order valence-electron chi connectivity index (χ3n) is 4.46. The summed E-state index contributed by atoms with van der Waals surface area (Å²) in [5.41, 5.74) is 2.44. The Morgan fingerprint density at radius 1 is 1.20 bits per heavy atom. The normalized spacial score (nSPS) is 24.1. The molecule has 108 valence electrons. The van der Waals surface area contributed by atoms with Crippen LogP contribution in [0, 0.1) is 11.8 Å². The third-order valence-corrected chi connectivity index (χ3v) is 4.46. The van der Waals surface area contributed by atoms with Gasteiger partial charge in [0.15, 0.2) is 11.5 Å². The van der Waals surface area contributed by atoms with E-state index in [1.807, 2.05) is 17.0 Å². The van der Waals surface area contributed by atoms with Crippen LogP contribution in [-0.4, -0.2) is 31.6 Å². The van der Waals surface area contributed by atoms with Gasteiger partial charge in [0, 0.05) is 19.0 Å². The van der Waals surface area contributed by atoms with Gasteiger partial charge in [-0.15, -0.1) is 0 Å². The number of ether oxygens (including phenoxy) is 2. The molecule has 0 bridgehead atoms. The maximum atomic E-state index is 12.3. The van der Waals surface area contributed by atoms with Crippen molar-refractivity contribution in [3.8, 4) is 11.5 Å². The molecule has 4 nitrogen and oxygen atoms in total. The molecule has 0 N–H and O–H groups in total. The second kappa shape index (κ2) is 5.00. The van der Waals surface area contributed by atoms with Crippen molar-refractivity contribution >= 4 is 5.91 Å². The van der Waals surface area contributed by atoms with Gasteiger partial charge in [-0.2, -0.15) is 0 Å². The zero-order valence-electron chi connectivity index (χ0n) is 12.3. The highest BCUT2D eigenvalue weighted by Crippen LogP contribution is 2.40. The minimum Gasteiger partial charge on any atom is -0.493 e. The van der Waals surface area contributed by atoms with Crippen molar-refractivity contribution < 1.29 is 14.3 Å². The third kappa shape index (κ3) is 2.23. The van der Waals surface area contributed by atoms with Crippen LogP contribution in [0.3, 0.4) is 0 Å². The highest BCUT2D eigenvalue weighted by molar-refractivity contribution is 5.82. The topological polar surface area (TPSA) is 38.8 Å². The number of carbonyl (C=O) groups is 1. The summed E-state index contributed by atoms with van der Waals surface area (Å²) in [5.74, 6) is 2.64. The maximum absolute atomic E-state index is 12.3. The van der Waals surface area contributed by atoms with E-state index in [0.717, 1.165) is 30.9 Å². The fourth-order valence-corrected chi connectivity index (χ4v) is 2.97. The van der Waals surface area contributed by atoms with Gasteiger partial charge in [0.2, 0.25) is 5.91 Å². The van der Waals surface area contributed by atoms with E-state index >= 15 is 0 Å². The summed E-state index contributed by atoms with van der Waals surface area (Å²) in [4.78, 5) is 14.3. The van der Waals surface area contributed by atoms with Gasteiger partial charge < -0.3 is 14.4 Å². The lowest BCUT2D eigenvalue weighted by molar-refractivity contribution is -0.133. The van der Waals surface area contributed by atoms with Crippen molar-refractivity contribution in [3.63, 3.8) is 0 Å². The number of nitrogens with zero attached hydrogens (tertiary/aromatic N) is 1. The predicted molar refractivity (Wildman–Crippen MR) is 75.9 cm³/mol. The summed E-state index contributed by atoms with van der Waals surface area (Å²) < 4.78 is 10.7. The molecule has 1 fully saturated rings. The molecule has 0 saturated heterocycles. The number of hydrogen-bond donors (Lipinski definition) is 0. The van der Waals surface area contributed by atoms with E-state index in [1.165, 1.54) is 11.1 Å². The van der Waals surface area contributed by atoms with E-state index in [9.17, 15) is 4.79 Å². The number of carbonyl (C=O) groups excluding carboxylic acids is 1. The van der Waals surface area contributed by atoms with Gasteiger partial charge in [-0.25, -0.2) is 0 Å². The molecule has 1 saturated carbocycles. The van der Waals surface area contributed by atoms with Crippen LogP contribution in [0.2, 0.25) is 0 Å². The van der Waals surface area contributed by atoms with Crippen LogP contribution in [0.1, 0.15) is 24.5 Å². The number of amides is 1. The summed E-state index contributed by atoms with van der Waals surface area (Å²) in [5, 5.41) is 0. The fraction of sp³-hybridized carbons (Fsp3) is 0.562. The van der Waals surface area contributed by atoms with Crippen molar-refractivity contribution in [2.75, 3.05) is 20.8 Å². The fourth-order valence-electron chi connectivity index (χ4n) is 2.97. The largest absolute Gasteiger partial charge is 0.493 e. The Labute approximate surface area is 119 Å². The first-order valence-corrected chi connectivity index (χ1v) is 7.16. The molecule has 1 aliphatic heterocycles. The predicted octanol–water partition coefficient (Wildman–Crippen LogP) is 2.24. The average molecular weight is 275 g/mol. The average Bonchev–Trinajstić information content (AvgIpc) is 3.21. The Morgan fingerprint density at radius 3 is 2.35 bits per heavy atom. The molecule has 0 radical (unpaired) electrons. The lowest BCUT2D eigenvalue weighted by atomic mass is 9.98. The zero-order chi connectivity index (χ0) is 14.3. The quantitative estimate of drug-likeness (QED) is 0.849. The van der Waals surface area contributed by atoms with Crippen molar-refractivity contribution in [2.45, 2.75) is 26.3 Å². The smallest absolute Gasteiger partial charge is 0.226 e. The van der Waals surface area contributed by atoms with Crippen molar-refractivity contribution in [3.05, 3.63) is 23.3 Å².